The molecule has 0 aliphatic carbocycles. The highest BCUT2D eigenvalue weighted by Gasteiger charge is 2.28. The SMILES string of the molecule is CN(CC(=O)N(Cc1cccs1)CC1CCCO1)S(=O)(=O)c1ccc(C#N)cc1. The van der Waals surface area contributed by atoms with Gasteiger partial charge in [-0.1, -0.05) is 6.07 Å². The summed E-state index contributed by atoms with van der Waals surface area (Å²) in [6.45, 7) is 1.31. The number of rotatable bonds is 8. The largest absolute Gasteiger partial charge is 0.376 e. The highest BCUT2D eigenvalue weighted by atomic mass is 32.2. The van der Waals surface area contributed by atoms with E-state index in [-0.39, 0.29) is 23.5 Å². The smallest absolute Gasteiger partial charge is 0.243 e. The number of amides is 1. The van der Waals surface area contributed by atoms with Gasteiger partial charge in [0.05, 0.1) is 35.7 Å². The molecule has 1 fully saturated rings. The van der Waals surface area contributed by atoms with Crippen molar-refractivity contribution in [1.82, 2.24) is 9.21 Å². The van der Waals surface area contributed by atoms with Crippen molar-refractivity contribution >= 4 is 27.3 Å². The molecule has 0 bridgehead atoms. The Labute approximate surface area is 175 Å². The lowest BCUT2D eigenvalue weighted by Gasteiger charge is -2.27. The molecule has 2 heterocycles. The first-order valence-corrected chi connectivity index (χ1v) is 11.6. The predicted octanol–water partition coefficient (Wildman–Crippen LogP) is 2.45. The molecule has 0 spiro atoms. The number of nitrogens with zero attached hydrogens (tertiary/aromatic N) is 3. The molecular formula is C20H23N3O4S2. The van der Waals surface area contributed by atoms with E-state index < -0.39 is 10.0 Å². The molecule has 7 nitrogen and oxygen atoms in total. The summed E-state index contributed by atoms with van der Waals surface area (Å²) in [5.41, 5.74) is 0.376. The van der Waals surface area contributed by atoms with Crippen LogP contribution < -0.4 is 0 Å². The van der Waals surface area contributed by atoms with E-state index in [1.54, 1.807) is 16.2 Å². The van der Waals surface area contributed by atoms with E-state index in [1.807, 2.05) is 23.6 Å². The number of sulfonamides is 1. The van der Waals surface area contributed by atoms with Gasteiger partial charge < -0.3 is 9.64 Å². The van der Waals surface area contributed by atoms with E-state index in [0.717, 1.165) is 22.0 Å². The molecule has 1 unspecified atom stereocenters. The Morgan fingerprint density at radius 2 is 2.07 bits per heavy atom. The average molecular weight is 434 g/mol. The van der Waals surface area contributed by atoms with Crippen LogP contribution in [0.5, 0.6) is 0 Å². The van der Waals surface area contributed by atoms with Gasteiger partial charge in [-0.05, 0) is 48.6 Å². The summed E-state index contributed by atoms with van der Waals surface area (Å²) in [5.74, 6) is -0.270. The number of benzene rings is 1. The Morgan fingerprint density at radius 1 is 1.31 bits per heavy atom. The summed E-state index contributed by atoms with van der Waals surface area (Å²) in [7, 11) is -2.44. The molecule has 1 aliphatic rings. The second-order valence-electron chi connectivity index (χ2n) is 6.89. The fourth-order valence-corrected chi connectivity index (χ4v) is 4.98. The van der Waals surface area contributed by atoms with Gasteiger partial charge in [-0.3, -0.25) is 4.79 Å². The van der Waals surface area contributed by atoms with E-state index in [0.29, 0.717) is 25.3 Å². The average Bonchev–Trinajstić information content (AvgIpc) is 3.41. The Morgan fingerprint density at radius 3 is 2.66 bits per heavy atom. The first-order chi connectivity index (χ1) is 13.9. The molecule has 154 valence electrons. The van der Waals surface area contributed by atoms with Crippen LogP contribution in [0.4, 0.5) is 0 Å². The molecule has 0 radical (unpaired) electrons. The minimum atomic E-state index is -3.83. The van der Waals surface area contributed by atoms with Gasteiger partial charge >= 0.3 is 0 Å². The Hall–Kier alpha value is -2.25. The van der Waals surface area contributed by atoms with E-state index in [4.69, 9.17) is 10.00 Å². The Kier molecular flexibility index (Phi) is 7.03. The normalized spacial score (nSPS) is 16.7. The van der Waals surface area contributed by atoms with Crippen LogP contribution in [0.2, 0.25) is 0 Å². The quantitative estimate of drug-likeness (QED) is 0.638. The first-order valence-electron chi connectivity index (χ1n) is 9.28. The van der Waals surface area contributed by atoms with Gasteiger partial charge in [-0.15, -0.1) is 11.3 Å². The van der Waals surface area contributed by atoms with Crippen molar-refractivity contribution in [1.29, 1.82) is 5.26 Å². The lowest BCUT2D eigenvalue weighted by atomic mass is 10.2. The monoisotopic (exact) mass is 433 g/mol. The molecule has 1 atom stereocenters. The van der Waals surface area contributed by atoms with E-state index >= 15 is 0 Å². The molecular weight excluding hydrogens is 410 g/mol. The van der Waals surface area contributed by atoms with E-state index in [1.165, 1.54) is 31.3 Å². The maximum Gasteiger partial charge on any atom is 0.243 e. The molecule has 1 aliphatic heterocycles. The zero-order valence-corrected chi connectivity index (χ0v) is 17.8. The van der Waals surface area contributed by atoms with Gasteiger partial charge in [0.15, 0.2) is 0 Å². The van der Waals surface area contributed by atoms with Crippen LogP contribution in [0.3, 0.4) is 0 Å². The summed E-state index contributed by atoms with van der Waals surface area (Å²) in [6, 6.07) is 11.5. The Bertz CT molecular complexity index is 960. The van der Waals surface area contributed by atoms with Crippen molar-refractivity contribution in [3.63, 3.8) is 0 Å². The standard InChI is InChI=1S/C20H23N3O4S2/c1-22(29(25,26)19-8-6-16(12-21)7-9-19)15-20(24)23(13-17-4-2-10-27-17)14-18-5-3-11-28-18/h3,5-9,11,17H,2,4,10,13-15H2,1H3. The molecule has 0 saturated carbocycles. The third kappa shape index (κ3) is 5.42. The van der Waals surface area contributed by atoms with Gasteiger partial charge in [0.25, 0.3) is 0 Å². The number of carbonyl (C=O) groups excluding carboxylic acids is 1. The summed E-state index contributed by atoms with van der Waals surface area (Å²) < 4.78 is 32.3. The summed E-state index contributed by atoms with van der Waals surface area (Å²) in [5, 5.41) is 10.8. The third-order valence-electron chi connectivity index (χ3n) is 4.78. The molecule has 29 heavy (non-hydrogen) atoms. The zero-order chi connectivity index (χ0) is 20.9. The number of nitriles is 1. The van der Waals surface area contributed by atoms with Crippen molar-refractivity contribution in [2.45, 2.75) is 30.4 Å². The molecule has 3 rings (SSSR count). The van der Waals surface area contributed by atoms with Crippen molar-refractivity contribution in [3.8, 4) is 6.07 Å². The third-order valence-corrected chi connectivity index (χ3v) is 7.46. The highest BCUT2D eigenvalue weighted by Crippen LogP contribution is 2.19. The van der Waals surface area contributed by atoms with Crippen LogP contribution in [0.1, 0.15) is 23.3 Å². The van der Waals surface area contributed by atoms with Crippen LogP contribution >= 0.6 is 11.3 Å². The fourth-order valence-electron chi connectivity index (χ4n) is 3.14. The van der Waals surface area contributed by atoms with Crippen LogP contribution in [-0.4, -0.2) is 56.4 Å². The van der Waals surface area contributed by atoms with Crippen LogP contribution in [0, 0.1) is 11.3 Å². The minimum absolute atomic E-state index is 0.0145. The second kappa shape index (κ2) is 9.50. The minimum Gasteiger partial charge on any atom is -0.376 e. The summed E-state index contributed by atoms with van der Waals surface area (Å²) in [4.78, 5) is 15.7. The number of hydrogen-bond donors (Lipinski definition) is 0. The fraction of sp³-hybridized carbons (Fsp3) is 0.400. The molecule has 1 amide bonds. The molecule has 1 aromatic heterocycles. The first kappa shape index (κ1) is 21.5. The molecule has 0 N–H and O–H groups in total. The maximum absolute atomic E-state index is 13.0. The molecule has 1 aromatic carbocycles. The lowest BCUT2D eigenvalue weighted by molar-refractivity contribution is -0.133. The van der Waals surface area contributed by atoms with Gasteiger partial charge in [0.1, 0.15) is 0 Å². The van der Waals surface area contributed by atoms with Gasteiger partial charge in [0.2, 0.25) is 15.9 Å². The van der Waals surface area contributed by atoms with Gasteiger partial charge in [-0.2, -0.15) is 9.57 Å². The predicted molar refractivity (Wildman–Crippen MR) is 110 cm³/mol. The molecule has 9 heteroatoms. The van der Waals surface area contributed by atoms with Crippen molar-refractivity contribution in [2.75, 3.05) is 26.7 Å². The van der Waals surface area contributed by atoms with Crippen LogP contribution in [0.15, 0.2) is 46.7 Å². The lowest BCUT2D eigenvalue weighted by Crippen LogP contribution is -2.43. The topological polar surface area (TPSA) is 90.7 Å². The van der Waals surface area contributed by atoms with Crippen molar-refractivity contribution in [3.05, 3.63) is 52.2 Å². The highest BCUT2D eigenvalue weighted by molar-refractivity contribution is 7.89. The number of hydrogen-bond acceptors (Lipinski definition) is 6. The summed E-state index contributed by atoms with van der Waals surface area (Å²) >= 11 is 1.56. The number of ether oxygens (including phenoxy) is 1. The van der Waals surface area contributed by atoms with E-state index in [2.05, 4.69) is 0 Å². The van der Waals surface area contributed by atoms with Crippen LogP contribution in [0.25, 0.3) is 0 Å². The number of carbonyl (C=O) groups is 1. The molecule has 1 saturated heterocycles. The van der Waals surface area contributed by atoms with Crippen molar-refractivity contribution in [2.24, 2.45) is 0 Å². The second-order valence-corrected chi connectivity index (χ2v) is 9.96. The summed E-state index contributed by atoms with van der Waals surface area (Å²) in [6.07, 6.45) is 1.85. The van der Waals surface area contributed by atoms with Crippen LogP contribution in [-0.2, 0) is 26.1 Å². The van der Waals surface area contributed by atoms with Gasteiger partial charge in [0, 0.05) is 25.1 Å². The van der Waals surface area contributed by atoms with Gasteiger partial charge in [-0.25, -0.2) is 8.42 Å². The molecule has 2 aromatic rings. The van der Waals surface area contributed by atoms with Crippen molar-refractivity contribution < 1.29 is 17.9 Å². The number of thiophene rings is 1. The van der Waals surface area contributed by atoms with E-state index in [9.17, 15) is 13.2 Å². The Balaban J connectivity index is 1.71. The number of likely N-dealkylation sites (N-methyl/N-ethyl adjacent to an activating group) is 1. The maximum atomic E-state index is 13.0. The zero-order valence-electron chi connectivity index (χ0n) is 16.2.